The predicted molar refractivity (Wildman–Crippen MR) is 84.2 cm³/mol. The van der Waals surface area contributed by atoms with Crippen LogP contribution in [0, 0.1) is 5.82 Å². The number of aryl methyl sites for hydroxylation is 1. The molecule has 1 aromatic heterocycles. The van der Waals surface area contributed by atoms with Crippen LogP contribution in [0.2, 0.25) is 5.15 Å². The number of carbonyl (C=O) groups is 1. The molecule has 0 radical (unpaired) electrons. The van der Waals surface area contributed by atoms with Crippen LogP contribution in [0.3, 0.4) is 0 Å². The molecule has 3 rings (SSSR count). The highest BCUT2D eigenvalue weighted by molar-refractivity contribution is 7.18. The lowest BCUT2D eigenvalue weighted by Gasteiger charge is -2.26. The molecule has 1 aromatic carbocycles. The average molecular weight is 341 g/mol. The zero-order valence-corrected chi connectivity index (χ0v) is 13.4. The number of esters is 1. The van der Waals surface area contributed by atoms with Crippen LogP contribution in [0.4, 0.5) is 9.52 Å². The van der Waals surface area contributed by atoms with Crippen LogP contribution in [0.1, 0.15) is 39.7 Å². The van der Waals surface area contributed by atoms with E-state index in [4.69, 9.17) is 11.6 Å². The number of thiazole rings is 1. The molecule has 0 saturated heterocycles. The number of nitrogens with one attached hydrogen (secondary N) is 1. The molecule has 2 aromatic rings. The van der Waals surface area contributed by atoms with E-state index in [1.54, 1.807) is 6.07 Å². The summed E-state index contributed by atoms with van der Waals surface area (Å²) >= 11 is 7.10. The minimum Gasteiger partial charge on any atom is -0.465 e. The number of hydrogen-bond donors (Lipinski definition) is 1. The third-order valence-electron chi connectivity index (χ3n) is 3.68. The minimum atomic E-state index is -0.509. The minimum absolute atomic E-state index is 0.0350. The van der Waals surface area contributed by atoms with Crippen LogP contribution in [0.5, 0.6) is 0 Å². The number of aromatic nitrogens is 1. The van der Waals surface area contributed by atoms with E-state index >= 15 is 0 Å². The molecule has 0 bridgehead atoms. The van der Waals surface area contributed by atoms with Crippen LogP contribution in [0.25, 0.3) is 0 Å². The molecule has 0 aliphatic heterocycles. The lowest BCUT2D eigenvalue weighted by Crippen LogP contribution is -2.17. The summed E-state index contributed by atoms with van der Waals surface area (Å²) in [6.07, 6.45) is 2.83. The van der Waals surface area contributed by atoms with Crippen molar-refractivity contribution in [3.05, 3.63) is 45.2 Å². The Morgan fingerprint density at radius 2 is 2.36 bits per heavy atom. The van der Waals surface area contributed by atoms with Gasteiger partial charge in [-0.25, -0.2) is 14.2 Å². The highest BCUT2D eigenvalue weighted by Gasteiger charge is 2.23. The highest BCUT2D eigenvalue weighted by atomic mass is 35.5. The van der Waals surface area contributed by atoms with Crippen LogP contribution >= 0.6 is 22.9 Å². The smallest absolute Gasteiger partial charge is 0.351 e. The highest BCUT2D eigenvalue weighted by Crippen LogP contribution is 2.35. The van der Waals surface area contributed by atoms with Gasteiger partial charge in [0.2, 0.25) is 0 Å². The van der Waals surface area contributed by atoms with Gasteiger partial charge >= 0.3 is 5.97 Å². The molecule has 1 atom stereocenters. The van der Waals surface area contributed by atoms with Crippen molar-refractivity contribution in [3.8, 4) is 0 Å². The Morgan fingerprint density at radius 1 is 1.55 bits per heavy atom. The van der Waals surface area contributed by atoms with E-state index in [0.29, 0.717) is 5.13 Å². The number of carbonyl (C=O) groups excluding carboxylic acids is 1. The summed E-state index contributed by atoms with van der Waals surface area (Å²) in [5, 5.41) is 3.91. The van der Waals surface area contributed by atoms with E-state index in [9.17, 15) is 9.18 Å². The topological polar surface area (TPSA) is 51.2 Å². The Morgan fingerprint density at radius 3 is 3.14 bits per heavy atom. The Labute approximate surface area is 136 Å². The summed E-state index contributed by atoms with van der Waals surface area (Å²) < 4.78 is 18.2. The molecule has 1 unspecified atom stereocenters. The fraction of sp³-hybridized carbons (Fsp3) is 0.333. The fourth-order valence-electron chi connectivity index (χ4n) is 2.65. The largest absolute Gasteiger partial charge is 0.465 e. The number of fused-ring (bicyclic) bond motifs is 1. The molecular formula is C15H14ClFN2O2S. The molecule has 1 N–H and O–H groups in total. The van der Waals surface area contributed by atoms with Gasteiger partial charge in [0.1, 0.15) is 5.82 Å². The first-order chi connectivity index (χ1) is 10.6. The van der Waals surface area contributed by atoms with Gasteiger partial charge in [0.05, 0.1) is 13.2 Å². The second-order valence-corrected chi connectivity index (χ2v) is 6.42. The molecule has 4 nitrogen and oxygen atoms in total. The fourth-order valence-corrected chi connectivity index (χ4v) is 3.81. The number of halogens is 2. The Kier molecular flexibility index (Phi) is 4.31. The van der Waals surface area contributed by atoms with Gasteiger partial charge in [0.25, 0.3) is 0 Å². The first-order valence-corrected chi connectivity index (χ1v) is 8.07. The summed E-state index contributed by atoms with van der Waals surface area (Å²) in [5.41, 5.74) is 2.08. The molecule has 1 heterocycles. The van der Waals surface area contributed by atoms with E-state index in [2.05, 4.69) is 15.0 Å². The number of nitrogens with zero attached hydrogens (tertiary/aromatic N) is 1. The Balaban J connectivity index is 1.86. The lowest BCUT2D eigenvalue weighted by molar-refractivity contribution is 0.0606. The maximum Gasteiger partial charge on any atom is 0.351 e. The number of methoxy groups -OCH3 is 1. The molecule has 7 heteroatoms. The van der Waals surface area contributed by atoms with Gasteiger partial charge in [-0.2, -0.15) is 0 Å². The maximum absolute atomic E-state index is 13.5. The summed E-state index contributed by atoms with van der Waals surface area (Å²) in [6.45, 7) is 0. The van der Waals surface area contributed by atoms with E-state index in [-0.39, 0.29) is 21.9 Å². The monoisotopic (exact) mass is 340 g/mol. The van der Waals surface area contributed by atoms with E-state index < -0.39 is 5.97 Å². The first-order valence-electron chi connectivity index (χ1n) is 6.88. The van der Waals surface area contributed by atoms with Gasteiger partial charge in [-0.05, 0) is 42.5 Å². The number of anilines is 1. The van der Waals surface area contributed by atoms with Crippen LogP contribution in [-0.4, -0.2) is 18.1 Å². The van der Waals surface area contributed by atoms with Crippen molar-refractivity contribution in [1.82, 2.24) is 4.98 Å². The molecule has 0 amide bonds. The second-order valence-electron chi connectivity index (χ2n) is 5.06. The quantitative estimate of drug-likeness (QED) is 0.850. The van der Waals surface area contributed by atoms with Crippen LogP contribution < -0.4 is 5.32 Å². The summed E-state index contributed by atoms with van der Waals surface area (Å²) in [6, 6.07) is 4.83. The van der Waals surface area contributed by atoms with Crippen molar-refractivity contribution >= 4 is 34.0 Å². The zero-order valence-electron chi connectivity index (χ0n) is 11.9. The zero-order chi connectivity index (χ0) is 15.7. The number of hydrogen-bond acceptors (Lipinski definition) is 5. The van der Waals surface area contributed by atoms with Crippen molar-refractivity contribution < 1.29 is 13.9 Å². The second kappa shape index (κ2) is 6.22. The van der Waals surface area contributed by atoms with Crippen molar-refractivity contribution in [2.75, 3.05) is 12.4 Å². The van der Waals surface area contributed by atoms with Gasteiger partial charge in [0, 0.05) is 0 Å². The van der Waals surface area contributed by atoms with E-state index in [0.717, 1.165) is 41.7 Å². The molecule has 1 aliphatic carbocycles. The predicted octanol–water partition coefficient (Wildman–Crippen LogP) is 4.21. The third kappa shape index (κ3) is 2.94. The molecular weight excluding hydrogens is 327 g/mol. The number of rotatable bonds is 3. The Hall–Kier alpha value is -1.66. The Bertz CT molecular complexity index is 720. The summed E-state index contributed by atoms with van der Waals surface area (Å²) in [7, 11) is 1.30. The molecule has 0 saturated carbocycles. The van der Waals surface area contributed by atoms with Gasteiger partial charge in [-0.3, -0.25) is 0 Å². The first kappa shape index (κ1) is 15.2. The lowest BCUT2D eigenvalue weighted by atomic mass is 9.88. The van der Waals surface area contributed by atoms with Crippen LogP contribution in [-0.2, 0) is 11.2 Å². The van der Waals surface area contributed by atoms with Crippen molar-refractivity contribution in [2.24, 2.45) is 0 Å². The van der Waals surface area contributed by atoms with Gasteiger partial charge in [-0.1, -0.05) is 29.0 Å². The molecule has 0 spiro atoms. The summed E-state index contributed by atoms with van der Waals surface area (Å²) in [4.78, 5) is 16.0. The van der Waals surface area contributed by atoms with Crippen molar-refractivity contribution in [2.45, 2.75) is 25.3 Å². The maximum atomic E-state index is 13.5. The average Bonchev–Trinajstić information content (AvgIpc) is 2.88. The molecule has 116 valence electrons. The molecule has 1 aliphatic rings. The van der Waals surface area contributed by atoms with Gasteiger partial charge in [-0.15, -0.1) is 0 Å². The number of ether oxygens (including phenoxy) is 1. The van der Waals surface area contributed by atoms with E-state index in [1.165, 1.54) is 13.2 Å². The normalized spacial score (nSPS) is 17.0. The van der Waals surface area contributed by atoms with Crippen molar-refractivity contribution in [1.29, 1.82) is 0 Å². The van der Waals surface area contributed by atoms with Gasteiger partial charge < -0.3 is 10.1 Å². The SMILES string of the molecule is COC(=O)c1sc(NC2CCCc3ccc(F)cc32)nc1Cl. The van der Waals surface area contributed by atoms with Crippen LogP contribution in [0.15, 0.2) is 18.2 Å². The summed E-state index contributed by atoms with van der Waals surface area (Å²) in [5.74, 6) is -0.759. The van der Waals surface area contributed by atoms with E-state index in [1.807, 2.05) is 6.07 Å². The third-order valence-corrected chi connectivity index (χ3v) is 5.03. The molecule has 0 fully saturated rings. The van der Waals surface area contributed by atoms with Crippen molar-refractivity contribution in [3.63, 3.8) is 0 Å². The van der Waals surface area contributed by atoms with Gasteiger partial charge in [0.15, 0.2) is 15.2 Å². The molecule has 22 heavy (non-hydrogen) atoms. The standard InChI is InChI=1S/C15H14ClFN2O2S/c1-21-14(20)12-13(16)19-15(22-12)18-11-4-2-3-8-5-6-9(17)7-10(8)11/h5-7,11H,2-4H2,1H3,(H,18,19). The number of benzene rings is 1.